The highest BCUT2D eigenvalue weighted by Crippen LogP contribution is 2.23. The van der Waals surface area contributed by atoms with Gasteiger partial charge in [0.05, 0.1) is 6.54 Å². The lowest BCUT2D eigenvalue weighted by atomic mass is 9.95. The van der Waals surface area contributed by atoms with Crippen molar-refractivity contribution in [1.82, 2.24) is 20.4 Å². The molecule has 1 aromatic heterocycles. The van der Waals surface area contributed by atoms with Crippen molar-refractivity contribution in [3.8, 4) is 11.4 Å². The molecule has 0 atom stereocenters. The number of carbonyl (C=O) groups is 1. The number of carbonyl (C=O) groups excluding carboxylic acids is 1. The number of rotatable bonds is 5. The Labute approximate surface area is 167 Å². The van der Waals surface area contributed by atoms with Crippen LogP contribution < -0.4 is 5.32 Å². The fourth-order valence-electron chi connectivity index (χ4n) is 3.97. The number of amides is 1. The quantitative estimate of drug-likeness (QED) is 0.778. The molecule has 1 N–H and O–H groups in total. The molecule has 1 amide bonds. The molecule has 2 fully saturated rings. The topological polar surface area (TPSA) is 71.3 Å². The lowest BCUT2D eigenvalue weighted by Gasteiger charge is -2.30. The van der Waals surface area contributed by atoms with Gasteiger partial charge in [0.2, 0.25) is 17.6 Å². The zero-order valence-electron chi connectivity index (χ0n) is 15.4. The van der Waals surface area contributed by atoms with Crippen molar-refractivity contribution >= 4 is 21.8 Å². The molecule has 0 unspecified atom stereocenters. The van der Waals surface area contributed by atoms with E-state index < -0.39 is 0 Å². The van der Waals surface area contributed by atoms with E-state index in [2.05, 4.69) is 36.3 Å². The van der Waals surface area contributed by atoms with E-state index in [1.165, 1.54) is 12.8 Å². The van der Waals surface area contributed by atoms with Crippen LogP contribution in [-0.2, 0) is 11.3 Å². The first kappa shape index (κ1) is 18.6. The van der Waals surface area contributed by atoms with Crippen molar-refractivity contribution in [2.24, 2.45) is 5.92 Å². The van der Waals surface area contributed by atoms with Crippen molar-refractivity contribution in [1.29, 1.82) is 0 Å². The molecule has 0 radical (unpaired) electrons. The number of piperidine rings is 1. The fourth-order valence-corrected chi connectivity index (χ4v) is 4.23. The van der Waals surface area contributed by atoms with Crippen molar-refractivity contribution in [2.45, 2.75) is 51.1 Å². The zero-order chi connectivity index (χ0) is 18.6. The highest BCUT2D eigenvalue weighted by Gasteiger charge is 2.28. The molecule has 1 aliphatic carbocycles. The van der Waals surface area contributed by atoms with Gasteiger partial charge in [-0.1, -0.05) is 33.9 Å². The van der Waals surface area contributed by atoms with Gasteiger partial charge in [0.15, 0.2) is 0 Å². The molecule has 0 spiro atoms. The molecular formula is C20H25BrN4O2. The van der Waals surface area contributed by atoms with E-state index in [-0.39, 0.29) is 11.8 Å². The minimum absolute atomic E-state index is 0.142. The Morgan fingerprint density at radius 1 is 1.15 bits per heavy atom. The summed E-state index contributed by atoms with van der Waals surface area (Å²) in [6.45, 7) is 2.41. The Kier molecular flexibility index (Phi) is 5.88. The molecule has 2 heterocycles. The number of nitrogens with zero attached hydrogens (tertiary/aromatic N) is 3. The largest absolute Gasteiger partial charge is 0.353 e. The third-order valence-corrected chi connectivity index (χ3v) is 6.12. The van der Waals surface area contributed by atoms with E-state index in [1.807, 2.05) is 24.3 Å². The number of hydrogen-bond acceptors (Lipinski definition) is 5. The first-order valence-electron chi connectivity index (χ1n) is 9.78. The summed E-state index contributed by atoms with van der Waals surface area (Å²) in [5.74, 6) is 1.63. The highest BCUT2D eigenvalue weighted by molar-refractivity contribution is 9.10. The Morgan fingerprint density at radius 3 is 2.56 bits per heavy atom. The first-order valence-corrected chi connectivity index (χ1v) is 10.6. The maximum Gasteiger partial charge on any atom is 0.241 e. The summed E-state index contributed by atoms with van der Waals surface area (Å²) in [7, 11) is 0. The van der Waals surface area contributed by atoms with Crippen LogP contribution in [0, 0.1) is 5.92 Å². The third-order valence-electron chi connectivity index (χ3n) is 5.59. The third kappa shape index (κ3) is 4.76. The van der Waals surface area contributed by atoms with Crippen LogP contribution in [0.15, 0.2) is 33.3 Å². The Morgan fingerprint density at radius 2 is 1.85 bits per heavy atom. The van der Waals surface area contributed by atoms with Crippen molar-refractivity contribution in [3.05, 3.63) is 34.6 Å². The minimum atomic E-state index is 0.142. The summed E-state index contributed by atoms with van der Waals surface area (Å²) >= 11 is 3.43. The van der Waals surface area contributed by atoms with Gasteiger partial charge in [-0.3, -0.25) is 9.69 Å². The SMILES string of the molecule is O=C(NC1CCCC1)C1CCN(Cc2nc(-c3ccc(Br)cc3)no2)CC1. The van der Waals surface area contributed by atoms with Gasteiger partial charge in [-0.15, -0.1) is 0 Å². The van der Waals surface area contributed by atoms with E-state index in [0.717, 1.165) is 48.8 Å². The van der Waals surface area contributed by atoms with Crippen molar-refractivity contribution < 1.29 is 9.32 Å². The molecule has 27 heavy (non-hydrogen) atoms. The normalized spacial score (nSPS) is 19.4. The molecule has 7 heteroatoms. The molecule has 1 aromatic carbocycles. The van der Waals surface area contributed by atoms with Gasteiger partial charge in [0.25, 0.3) is 0 Å². The van der Waals surface area contributed by atoms with E-state index >= 15 is 0 Å². The second-order valence-corrected chi connectivity index (χ2v) is 8.47. The lowest BCUT2D eigenvalue weighted by molar-refractivity contribution is -0.127. The summed E-state index contributed by atoms with van der Waals surface area (Å²) in [4.78, 5) is 19.2. The van der Waals surface area contributed by atoms with Crippen molar-refractivity contribution in [3.63, 3.8) is 0 Å². The lowest BCUT2D eigenvalue weighted by Crippen LogP contribution is -2.43. The summed E-state index contributed by atoms with van der Waals surface area (Å²) in [5.41, 5.74) is 0.940. The summed E-state index contributed by atoms with van der Waals surface area (Å²) < 4.78 is 6.44. The molecule has 2 aromatic rings. The van der Waals surface area contributed by atoms with Crippen LogP contribution in [0.25, 0.3) is 11.4 Å². The van der Waals surface area contributed by atoms with Gasteiger partial charge in [0.1, 0.15) is 0 Å². The Bertz CT molecular complexity index is 763. The summed E-state index contributed by atoms with van der Waals surface area (Å²) in [6, 6.07) is 8.27. The van der Waals surface area contributed by atoms with Crippen LogP contribution in [0.4, 0.5) is 0 Å². The second kappa shape index (κ2) is 8.52. The fraction of sp³-hybridized carbons (Fsp3) is 0.550. The van der Waals surface area contributed by atoms with Gasteiger partial charge in [-0.05, 0) is 63.0 Å². The molecule has 1 saturated heterocycles. The number of hydrogen-bond donors (Lipinski definition) is 1. The summed E-state index contributed by atoms with van der Waals surface area (Å²) in [6.07, 6.45) is 6.56. The van der Waals surface area contributed by atoms with Crippen LogP contribution in [-0.4, -0.2) is 40.1 Å². The molecule has 2 aliphatic rings. The second-order valence-electron chi connectivity index (χ2n) is 7.56. The predicted molar refractivity (Wildman–Crippen MR) is 106 cm³/mol. The van der Waals surface area contributed by atoms with E-state index in [1.54, 1.807) is 0 Å². The van der Waals surface area contributed by atoms with Gasteiger partial charge < -0.3 is 9.84 Å². The van der Waals surface area contributed by atoms with Crippen molar-refractivity contribution in [2.75, 3.05) is 13.1 Å². The number of likely N-dealkylation sites (tertiary alicyclic amines) is 1. The van der Waals surface area contributed by atoms with E-state index in [9.17, 15) is 4.79 Å². The Balaban J connectivity index is 1.27. The smallest absolute Gasteiger partial charge is 0.241 e. The minimum Gasteiger partial charge on any atom is -0.353 e. The van der Waals surface area contributed by atoms with Crippen LogP contribution >= 0.6 is 15.9 Å². The predicted octanol–water partition coefficient (Wildman–Crippen LogP) is 3.77. The monoisotopic (exact) mass is 432 g/mol. The Hall–Kier alpha value is -1.73. The molecule has 144 valence electrons. The van der Waals surface area contributed by atoms with Crippen LogP contribution in [0.2, 0.25) is 0 Å². The number of nitrogens with one attached hydrogen (secondary N) is 1. The maximum absolute atomic E-state index is 12.4. The molecule has 1 aliphatic heterocycles. The standard InChI is InChI=1S/C20H25BrN4O2/c21-16-7-5-14(6-8-16)19-23-18(27-24-19)13-25-11-9-15(10-12-25)20(26)22-17-3-1-2-4-17/h5-8,15,17H,1-4,9-13H2,(H,22,26). The zero-order valence-corrected chi connectivity index (χ0v) is 17.0. The molecule has 4 rings (SSSR count). The van der Waals surface area contributed by atoms with Crippen LogP contribution in [0.5, 0.6) is 0 Å². The van der Waals surface area contributed by atoms with Gasteiger partial charge in [-0.25, -0.2) is 0 Å². The maximum atomic E-state index is 12.4. The number of aromatic nitrogens is 2. The number of halogens is 1. The molecule has 0 bridgehead atoms. The van der Waals surface area contributed by atoms with Gasteiger partial charge in [0, 0.05) is 22.0 Å². The van der Waals surface area contributed by atoms with Crippen LogP contribution in [0.1, 0.15) is 44.4 Å². The molecular weight excluding hydrogens is 408 g/mol. The first-order chi connectivity index (χ1) is 13.2. The van der Waals surface area contributed by atoms with Gasteiger partial charge in [-0.2, -0.15) is 4.98 Å². The van der Waals surface area contributed by atoms with Crippen LogP contribution in [0.3, 0.4) is 0 Å². The van der Waals surface area contributed by atoms with Gasteiger partial charge >= 0.3 is 0 Å². The summed E-state index contributed by atoms with van der Waals surface area (Å²) in [5, 5.41) is 7.33. The molecule has 1 saturated carbocycles. The van der Waals surface area contributed by atoms with E-state index in [0.29, 0.717) is 24.3 Å². The highest BCUT2D eigenvalue weighted by atomic mass is 79.9. The van der Waals surface area contributed by atoms with E-state index in [4.69, 9.17) is 4.52 Å². The molecule has 6 nitrogen and oxygen atoms in total. The average Bonchev–Trinajstić information content (AvgIpc) is 3.35. The number of benzene rings is 1. The average molecular weight is 433 g/mol.